The van der Waals surface area contributed by atoms with Gasteiger partial charge in [0.2, 0.25) is 5.88 Å². The highest BCUT2D eigenvalue weighted by Crippen LogP contribution is 2.24. The smallest absolute Gasteiger partial charge is 0.306 e. The van der Waals surface area contributed by atoms with Gasteiger partial charge in [-0.15, -0.1) is 0 Å². The van der Waals surface area contributed by atoms with Gasteiger partial charge in [-0.25, -0.2) is 9.97 Å². The van der Waals surface area contributed by atoms with Crippen molar-refractivity contribution in [2.45, 2.75) is 32.9 Å². The van der Waals surface area contributed by atoms with Crippen LogP contribution in [0, 0.1) is 0 Å². The van der Waals surface area contributed by atoms with Crippen molar-refractivity contribution in [1.29, 1.82) is 0 Å². The van der Waals surface area contributed by atoms with E-state index in [1.165, 1.54) is 0 Å². The Kier molecular flexibility index (Phi) is 7.50. The van der Waals surface area contributed by atoms with Gasteiger partial charge in [0, 0.05) is 35.8 Å². The van der Waals surface area contributed by atoms with Crippen molar-refractivity contribution in [1.82, 2.24) is 19.7 Å². The van der Waals surface area contributed by atoms with Gasteiger partial charge >= 0.3 is 5.97 Å². The minimum absolute atomic E-state index is 0.201. The molecule has 7 nitrogen and oxygen atoms in total. The van der Waals surface area contributed by atoms with Gasteiger partial charge in [0.15, 0.2) is 0 Å². The van der Waals surface area contributed by atoms with Crippen LogP contribution in [-0.4, -0.2) is 32.3 Å². The molecule has 37 heavy (non-hydrogen) atoms. The van der Waals surface area contributed by atoms with Crippen LogP contribution in [0.4, 0.5) is 0 Å². The molecule has 5 rings (SSSR count). The predicted octanol–water partition coefficient (Wildman–Crippen LogP) is 5.62. The monoisotopic (exact) mass is 492 g/mol. The van der Waals surface area contributed by atoms with E-state index in [1.54, 1.807) is 6.20 Å². The average Bonchev–Trinajstić information content (AvgIpc) is 3.34. The first-order valence-corrected chi connectivity index (χ1v) is 12.4. The van der Waals surface area contributed by atoms with Crippen LogP contribution >= 0.6 is 0 Å². The number of nitrogens with zero attached hydrogens (tertiary/aromatic N) is 4. The van der Waals surface area contributed by atoms with Crippen LogP contribution in [0.25, 0.3) is 22.2 Å². The molecule has 0 N–H and O–H groups in total. The molecule has 0 aliphatic heterocycles. The molecule has 0 aliphatic carbocycles. The van der Waals surface area contributed by atoms with Crippen LogP contribution in [0.1, 0.15) is 30.2 Å². The van der Waals surface area contributed by atoms with Crippen molar-refractivity contribution in [2.75, 3.05) is 6.61 Å². The summed E-state index contributed by atoms with van der Waals surface area (Å²) in [7, 11) is 0. The molecule has 0 unspecified atom stereocenters. The fraction of sp³-hybridized carbons (Fsp3) is 0.200. The summed E-state index contributed by atoms with van der Waals surface area (Å²) in [5.74, 6) is 0.340. The molecule has 0 saturated carbocycles. The number of benzene rings is 2. The number of ether oxygens (including phenoxy) is 2. The van der Waals surface area contributed by atoms with Crippen LogP contribution in [0.5, 0.6) is 5.88 Å². The highest BCUT2D eigenvalue weighted by atomic mass is 16.5. The standard InChI is InChI=1S/C30H28N4O3/c1-2-36-29(35)17-14-25-20-34(33-30(25)24-9-4-3-5-10-24)19-22-12-16-28(31-18-22)37-21-26-15-13-23-8-6-7-11-27(23)32-26/h3-13,15-16,18,20H,2,14,17,19,21H2,1H3. The van der Waals surface area contributed by atoms with Crippen LogP contribution in [0.15, 0.2) is 91.3 Å². The van der Waals surface area contributed by atoms with Crippen molar-refractivity contribution in [3.63, 3.8) is 0 Å². The van der Waals surface area contributed by atoms with Gasteiger partial charge in [0.1, 0.15) is 6.61 Å². The number of rotatable bonds is 10. The minimum atomic E-state index is -0.201. The molecule has 2 aromatic carbocycles. The van der Waals surface area contributed by atoms with Gasteiger partial charge in [0.05, 0.1) is 30.1 Å². The van der Waals surface area contributed by atoms with E-state index in [4.69, 9.17) is 14.6 Å². The van der Waals surface area contributed by atoms with Crippen molar-refractivity contribution in [3.8, 4) is 17.1 Å². The third-order valence-corrected chi connectivity index (χ3v) is 5.95. The number of fused-ring (bicyclic) bond motifs is 1. The normalized spacial score (nSPS) is 10.9. The lowest BCUT2D eigenvalue weighted by atomic mass is 10.0. The summed E-state index contributed by atoms with van der Waals surface area (Å²) in [4.78, 5) is 21.0. The van der Waals surface area contributed by atoms with E-state index in [0.717, 1.165) is 39.0 Å². The maximum Gasteiger partial charge on any atom is 0.306 e. The molecule has 0 fully saturated rings. The highest BCUT2D eigenvalue weighted by Gasteiger charge is 2.14. The summed E-state index contributed by atoms with van der Waals surface area (Å²) < 4.78 is 12.8. The number of hydrogen-bond acceptors (Lipinski definition) is 6. The maximum atomic E-state index is 11.9. The van der Waals surface area contributed by atoms with E-state index in [9.17, 15) is 4.79 Å². The second kappa shape index (κ2) is 11.5. The zero-order chi connectivity index (χ0) is 25.5. The second-order valence-corrected chi connectivity index (χ2v) is 8.66. The zero-order valence-corrected chi connectivity index (χ0v) is 20.7. The van der Waals surface area contributed by atoms with E-state index in [1.807, 2.05) is 96.7 Å². The van der Waals surface area contributed by atoms with Crippen molar-refractivity contribution >= 4 is 16.9 Å². The maximum absolute atomic E-state index is 11.9. The summed E-state index contributed by atoms with van der Waals surface area (Å²) >= 11 is 0. The highest BCUT2D eigenvalue weighted by molar-refractivity contribution is 5.78. The third-order valence-electron chi connectivity index (χ3n) is 5.95. The molecular weight excluding hydrogens is 464 g/mol. The molecule has 0 atom stereocenters. The number of hydrogen-bond donors (Lipinski definition) is 0. The van der Waals surface area contributed by atoms with Gasteiger partial charge in [-0.2, -0.15) is 5.10 Å². The molecule has 0 bridgehead atoms. The van der Waals surface area contributed by atoms with Crippen molar-refractivity contribution in [3.05, 3.63) is 108 Å². The number of aryl methyl sites for hydroxylation is 1. The quantitative estimate of drug-likeness (QED) is 0.236. The average molecular weight is 493 g/mol. The Morgan fingerprint density at radius 1 is 0.946 bits per heavy atom. The van der Waals surface area contributed by atoms with Crippen LogP contribution in [0.2, 0.25) is 0 Å². The fourth-order valence-corrected chi connectivity index (χ4v) is 4.15. The molecule has 7 heteroatoms. The summed E-state index contributed by atoms with van der Waals surface area (Å²) in [6, 6.07) is 25.9. The fourth-order valence-electron chi connectivity index (χ4n) is 4.15. The summed E-state index contributed by atoms with van der Waals surface area (Å²) in [5, 5.41) is 5.92. The minimum Gasteiger partial charge on any atom is -0.471 e. The predicted molar refractivity (Wildman–Crippen MR) is 142 cm³/mol. The summed E-state index contributed by atoms with van der Waals surface area (Å²) in [6.45, 7) is 3.10. The van der Waals surface area contributed by atoms with E-state index in [-0.39, 0.29) is 5.97 Å². The molecule has 3 heterocycles. The Hall–Kier alpha value is -4.52. The number of carbonyl (C=O) groups excluding carboxylic acids is 1. The Bertz CT molecular complexity index is 1480. The second-order valence-electron chi connectivity index (χ2n) is 8.66. The third kappa shape index (κ3) is 6.19. The number of aromatic nitrogens is 4. The van der Waals surface area contributed by atoms with Gasteiger partial charge in [0.25, 0.3) is 0 Å². The first-order chi connectivity index (χ1) is 18.2. The SMILES string of the molecule is CCOC(=O)CCc1cn(Cc2ccc(OCc3ccc4ccccc4n3)nc2)nc1-c1ccccc1. The molecule has 0 spiro atoms. The summed E-state index contributed by atoms with van der Waals surface area (Å²) in [6.07, 6.45) is 4.68. The van der Waals surface area contributed by atoms with E-state index >= 15 is 0 Å². The van der Waals surface area contributed by atoms with Crippen LogP contribution in [0.3, 0.4) is 0 Å². The number of esters is 1. The van der Waals surface area contributed by atoms with Crippen molar-refractivity contribution < 1.29 is 14.3 Å². The van der Waals surface area contributed by atoms with E-state index in [2.05, 4.69) is 9.97 Å². The first-order valence-electron chi connectivity index (χ1n) is 12.4. The lowest BCUT2D eigenvalue weighted by Gasteiger charge is -2.07. The molecule has 5 aromatic rings. The molecule has 0 amide bonds. The lowest BCUT2D eigenvalue weighted by Crippen LogP contribution is -2.05. The number of para-hydroxylation sites is 1. The van der Waals surface area contributed by atoms with Crippen LogP contribution in [-0.2, 0) is 29.1 Å². The Balaban J connectivity index is 1.25. The van der Waals surface area contributed by atoms with E-state index < -0.39 is 0 Å². The Morgan fingerprint density at radius 2 is 1.78 bits per heavy atom. The van der Waals surface area contributed by atoms with Gasteiger partial charge in [-0.1, -0.05) is 60.7 Å². The topological polar surface area (TPSA) is 79.1 Å². The first kappa shape index (κ1) is 24.2. The summed E-state index contributed by atoms with van der Waals surface area (Å²) in [5.41, 5.74) is 5.70. The Labute approximate surface area is 215 Å². The lowest BCUT2D eigenvalue weighted by molar-refractivity contribution is -0.143. The molecular formula is C30H28N4O3. The molecule has 0 saturated heterocycles. The molecule has 0 aliphatic rings. The van der Waals surface area contributed by atoms with Gasteiger partial charge < -0.3 is 9.47 Å². The Morgan fingerprint density at radius 3 is 2.59 bits per heavy atom. The molecule has 0 radical (unpaired) electrons. The van der Waals surface area contributed by atoms with E-state index in [0.29, 0.717) is 38.5 Å². The largest absolute Gasteiger partial charge is 0.471 e. The molecule has 186 valence electrons. The van der Waals surface area contributed by atoms with Crippen LogP contribution < -0.4 is 4.74 Å². The zero-order valence-electron chi connectivity index (χ0n) is 20.7. The number of carbonyl (C=O) groups is 1. The molecule has 3 aromatic heterocycles. The van der Waals surface area contributed by atoms with Crippen molar-refractivity contribution in [2.24, 2.45) is 0 Å². The van der Waals surface area contributed by atoms with Gasteiger partial charge in [-0.3, -0.25) is 9.48 Å². The number of pyridine rings is 2. The van der Waals surface area contributed by atoms with Gasteiger partial charge in [-0.05, 0) is 36.6 Å².